The summed E-state index contributed by atoms with van der Waals surface area (Å²) in [6.07, 6.45) is 0. The van der Waals surface area contributed by atoms with E-state index in [1.165, 1.54) is 0 Å². The zero-order valence-electron chi connectivity index (χ0n) is 6.95. The first-order valence-corrected chi connectivity index (χ1v) is 3.31. The standard InChI is InChI=1S/C4H4N6O5/c5-1-3(9(12)13)7-4(10(14)15)2(6)8(1)11/h5,11H,6H2. The molecule has 0 aromatic carbocycles. The van der Waals surface area contributed by atoms with Crippen molar-refractivity contribution in [3.63, 3.8) is 0 Å². The van der Waals surface area contributed by atoms with E-state index in [2.05, 4.69) is 4.98 Å². The molecule has 4 N–H and O–H groups in total. The van der Waals surface area contributed by atoms with Gasteiger partial charge in [-0.25, -0.2) is 0 Å². The van der Waals surface area contributed by atoms with Gasteiger partial charge in [0.05, 0.1) is 0 Å². The third-order valence-electron chi connectivity index (χ3n) is 1.44. The number of nitrogens with two attached hydrogens (primary N) is 1. The van der Waals surface area contributed by atoms with Crippen molar-refractivity contribution >= 4 is 17.5 Å². The summed E-state index contributed by atoms with van der Waals surface area (Å²) in [6, 6.07) is 0. The topological polar surface area (TPSA) is 174 Å². The summed E-state index contributed by atoms with van der Waals surface area (Å²) in [5, 5.41) is 36.6. The summed E-state index contributed by atoms with van der Waals surface area (Å²) in [5.74, 6) is -3.09. The Morgan fingerprint density at radius 3 is 2.20 bits per heavy atom. The maximum absolute atomic E-state index is 10.3. The van der Waals surface area contributed by atoms with Crippen LogP contribution in [0.1, 0.15) is 0 Å². The number of hydrogen-bond acceptors (Lipinski definition) is 8. The highest BCUT2D eigenvalue weighted by molar-refractivity contribution is 5.48. The van der Waals surface area contributed by atoms with Gasteiger partial charge >= 0.3 is 11.6 Å². The Labute approximate surface area is 80.2 Å². The Morgan fingerprint density at radius 1 is 1.33 bits per heavy atom. The number of aromatic nitrogens is 2. The SMILES string of the molecule is N=c1c([N+](=O)[O-])nc([N+](=O)[O-])c(N)n1O. The van der Waals surface area contributed by atoms with E-state index in [1.807, 2.05) is 0 Å². The van der Waals surface area contributed by atoms with E-state index in [1.54, 1.807) is 0 Å². The number of nitrogen functional groups attached to an aromatic ring is 1. The van der Waals surface area contributed by atoms with Crippen LogP contribution in [0.5, 0.6) is 0 Å². The molecule has 0 atom stereocenters. The first kappa shape index (κ1) is 10.4. The highest BCUT2D eigenvalue weighted by atomic mass is 16.6. The fourth-order valence-corrected chi connectivity index (χ4v) is 0.782. The Bertz CT molecular complexity index is 505. The quantitative estimate of drug-likeness (QED) is 0.322. The maximum Gasteiger partial charge on any atom is 0.414 e. The van der Waals surface area contributed by atoms with Crippen molar-refractivity contribution in [3.8, 4) is 0 Å². The number of anilines is 1. The molecular weight excluding hydrogens is 212 g/mol. The normalized spacial score (nSPS) is 9.87. The van der Waals surface area contributed by atoms with Gasteiger partial charge in [0.15, 0.2) is 0 Å². The van der Waals surface area contributed by atoms with Crippen molar-refractivity contribution in [3.05, 3.63) is 25.7 Å². The Hall–Kier alpha value is -2.72. The summed E-state index contributed by atoms with van der Waals surface area (Å²) < 4.78 is -0.177. The predicted octanol–water partition coefficient (Wildman–Crippen LogP) is -1.00. The summed E-state index contributed by atoms with van der Waals surface area (Å²) in [6.45, 7) is 0. The van der Waals surface area contributed by atoms with Gasteiger partial charge in [-0.1, -0.05) is 0 Å². The van der Waals surface area contributed by atoms with Crippen LogP contribution >= 0.6 is 0 Å². The van der Waals surface area contributed by atoms with E-state index in [-0.39, 0.29) is 4.73 Å². The molecule has 0 saturated carbocycles. The molecule has 80 valence electrons. The van der Waals surface area contributed by atoms with Crippen LogP contribution in [0.15, 0.2) is 0 Å². The Balaban J connectivity index is 3.67. The third kappa shape index (κ3) is 1.52. The molecule has 0 unspecified atom stereocenters. The summed E-state index contributed by atoms with van der Waals surface area (Å²) in [5.41, 5.74) is 3.98. The van der Waals surface area contributed by atoms with Gasteiger partial charge in [0.2, 0.25) is 5.82 Å². The van der Waals surface area contributed by atoms with Crippen LogP contribution in [0, 0.1) is 25.6 Å². The highest BCUT2D eigenvalue weighted by Gasteiger charge is 2.25. The van der Waals surface area contributed by atoms with Crippen LogP contribution in [0.4, 0.5) is 17.5 Å². The van der Waals surface area contributed by atoms with Crippen molar-refractivity contribution in [1.29, 1.82) is 5.41 Å². The van der Waals surface area contributed by atoms with Gasteiger partial charge in [-0.15, -0.1) is 4.73 Å². The van der Waals surface area contributed by atoms with E-state index in [4.69, 9.17) is 16.4 Å². The second-order valence-electron chi connectivity index (χ2n) is 2.32. The van der Waals surface area contributed by atoms with Crippen LogP contribution in [0.3, 0.4) is 0 Å². The molecule has 11 heteroatoms. The van der Waals surface area contributed by atoms with Gasteiger partial charge in [-0.05, 0) is 9.85 Å². The Kier molecular flexibility index (Phi) is 2.22. The molecule has 0 bridgehead atoms. The van der Waals surface area contributed by atoms with E-state index >= 15 is 0 Å². The average Bonchev–Trinajstić information content (AvgIpc) is 2.13. The van der Waals surface area contributed by atoms with E-state index in [0.717, 1.165) is 0 Å². The number of rotatable bonds is 2. The maximum atomic E-state index is 10.3. The van der Waals surface area contributed by atoms with Crippen LogP contribution in [-0.4, -0.2) is 24.8 Å². The molecule has 1 aromatic rings. The minimum atomic E-state index is -1.15. The molecule has 15 heavy (non-hydrogen) atoms. The molecule has 0 aliphatic carbocycles. The molecule has 0 aliphatic heterocycles. The zero-order valence-corrected chi connectivity index (χ0v) is 6.95. The van der Waals surface area contributed by atoms with E-state index in [9.17, 15) is 20.2 Å². The third-order valence-corrected chi connectivity index (χ3v) is 1.44. The van der Waals surface area contributed by atoms with Crippen LogP contribution in [0.25, 0.3) is 0 Å². The van der Waals surface area contributed by atoms with Crippen LogP contribution in [0.2, 0.25) is 0 Å². The lowest BCUT2D eigenvalue weighted by Crippen LogP contribution is -2.26. The molecule has 0 fully saturated rings. The fourth-order valence-electron chi connectivity index (χ4n) is 0.782. The number of nitrogens with one attached hydrogen (secondary N) is 1. The molecular formula is C4H4N6O5. The Morgan fingerprint density at radius 2 is 1.80 bits per heavy atom. The van der Waals surface area contributed by atoms with Gasteiger partial charge in [0.1, 0.15) is 0 Å². The van der Waals surface area contributed by atoms with Gasteiger partial charge in [-0.3, -0.25) is 5.41 Å². The molecule has 1 rings (SSSR count). The predicted molar refractivity (Wildman–Crippen MR) is 43.0 cm³/mol. The summed E-state index contributed by atoms with van der Waals surface area (Å²) >= 11 is 0. The van der Waals surface area contributed by atoms with Crippen molar-refractivity contribution in [1.82, 2.24) is 9.71 Å². The lowest BCUT2D eigenvalue weighted by atomic mass is 10.5. The molecule has 0 saturated heterocycles. The first-order valence-electron chi connectivity index (χ1n) is 3.31. The first-order chi connectivity index (χ1) is 6.86. The number of hydrogen-bond donors (Lipinski definition) is 3. The molecule has 1 heterocycles. The molecule has 1 aromatic heterocycles. The van der Waals surface area contributed by atoms with Crippen molar-refractivity contribution < 1.29 is 15.1 Å². The van der Waals surface area contributed by atoms with Gasteiger partial charge in [-0.2, -0.15) is 0 Å². The minimum Gasteiger partial charge on any atom is -0.424 e. The van der Waals surface area contributed by atoms with Crippen molar-refractivity contribution in [2.24, 2.45) is 0 Å². The van der Waals surface area contributed by atoms with Crippen LogP contribution in [-0.2, 0) is 0 Å². The molecule has 0 amide bonds. The highest BCUT2D eigenvalue weighted by Crippen LogP contribution is 2.17. The lowest BCUT2D eigenvalue weighted by molar-refractivity contribution is -0.405. The molecule has 0 aliphatic rings. The average molecular weight is 216 g/mol. The fraction of sp³-hybridized carbons (Fsp3) is 0. The number of nitrogens with zero attached hydrogens (tertiary/aromatic N) is 4. The lowest BCUT2D eigenvalue weighted by Gasteiger charge is -2.02. The van der Waals surface area contributed by atoms with Gasteiger partial charge in [0, 0.05) is 4.98 Å². The van der Waals surface area contributed by atoms with Gasteiger partial charge in [0.25, 0.3) is 5.49 Å². The number of nitro groups is 2. The zero-order chi connectivity index (χ0) is 11.7. The van der Waals surface area contributed by atoms with E-state index in [0.29, 0.717) is 0 Å². The largest absolute Gasteiger partial charge is 0.424 e. The monoisotopic (exact) mass is 216 g/mol. The van der Waals surface area contributed by atoms with Crippen LogP contribution < -0.4 is 11.2 Å². The molecule has 0 radical (unpaired) electrons. The van der Waals surface area contributed by atoms with Crippen molar-refractivity contribution in [2.45, 2.75) is 0 Å². The minimum absolute atomic E-state index is 0.177. The second-order valence-corrected chi connectivity index (χ2v) is 2.32. The molecule has 11 nitrogen and oxygen atoms in total. The van der Waals surface area contributed by atoms with Gasteiger partial charge < -0.3 is 31.2 Å². The molecule has 0 spiro atoms. The summed E-state index contributed by atoms with van der Waals surface area (Å²) in [7, 11) is 0. The smallest absolute Gasteiger partial charge is 0.414 e. The summed E-state index contributed by atoms with van der Waals surface area (Å²) in [4.78, 5) is 21.3. The van der Waals surface area contributed by atoms with E-state index < -0.39 is 32.8 Å². The van der Waals surface area contributed by atoms with Crippen molar-refractivity contribution in [2.75, 3.05) is 5.73 Å². The second kappa shape index (κ2) is 3.21.